The Hall–Kier alpha value is -2.42. The van der Waals surface area contributed by atoms with Crippen molar-refractivity contribution in [1.29, 1.82) is 0 Å². The third kappa shape index (κ3) is 5.06. The molecule has 3 heteroatoms. The number of aryl methyl sites for hydroxylation is 1. The minimum atomic E-state index is -0.234. The van der Waals surface area contributed by atoms with Crippen molar-refractivity contribution in [1.82, 2.24) is 0 Å². The lowest BCUT2D eigenvalue weighted by Gasteiger charge is -2.11. The number of carbonyl (C=O) groups excluding carboxylic acids is 2. The molecule has 120 valence electrons. The summed E-state index contributed by atoms with van der Waals surface area (Å²) in [6.45, 7) is 4.91. The van der Waals surface area contributed by atoms with Crippen molar-refractivity contribution in [2.45, 2.75) is 39.7 Å². The molecule has 0 aliphatic carbocycles. The second kappa shape index (κ2) is 7.73. The van der Waals surface area contributed by atoms with E-state index < -0.39 is 0 Å². The van der Waals surface area contributed by atoms with Gasteiger partial charge in [-0.15, -0.1) is 0 Å². The first-order chi connectivity index (χ1) is 11.0. The molecule has 2 aromatic rings. The van der Waals surface area contributed by atoms with Crippen LogP contribution in [0.25, 0.3) is 11.1 Å². The Morgan fingerprint density at radius 1 is 0.913 bits per heavy atom. The molecule has 0 fully saturated rings. The average Bonchev–Trinajstić information content (AvgIpc) is 2.53. The Balaban J connectivity index is 1.99. The van der Waals surface area contributed by atoms with Gasteiger partial charge in [0.1, 0.15) is 0 Å². The zero-order chi connectivity index (χ0) is 16.8. The molecular formula is C20H22O3. The van der Waals surface area contributed by atoms with Crippen molar-refractivity contribution in [3.8, 4) is 11.1 Å². The molecule has 0 aliphatic rings. The second-order valence-electron chi connectivity index (χ2n) is 5.79. The van der Waals surface area contributed by atoms with Gasteiger partial charge in [-0.3, -0.25) is 9.59 Å². The maximum atomic E-state index is 11.3. The van der Waals surface area contributed by atoms with E-state index >= 15 is 0 Å². The summed E-state index contributed by atoms with van der Waals surface area (Å²) in [7, 11) is 0. The van der Waals surface area contributed by atoms with Gasteiger partial charge in [-0.05, 0) is 43.4 Å². The minimum absolute atomic E-state index is 0.0636. The van der Waals surface area contributed by atoms with E-state index in [0.717, 1.165) is 29.5 Å². The van der Waals surface area contributed by atoms with Gasteiger partial charge in [0.15, 0.2) is 5.78 Å². The first kappa shape index (κ1) is 16.9. The number of hydrogen-bond donors (Lipinski definition) is 0. The summed E-state index contributed by atoms with van der Waals surface area (Å²) < 4.78 is 5.13. The van der Waals surface area contributed by atoms with Crippen LogP contribution in [0.1, 0.15) is 43.1 Å². The summed E-state index contributed by atoms with van der Waals surface area (Å²) in [5.41, 5.74) is 4.16. The molecule has 0 bridgehead atoms. The molecule has 0 radical (unpaired) electrons. The van der Waals surface area contributed by atoms with Gasteiger partial charge in [-0.25, -0.2) is 0 Å². The number of ether oxygens (including phenoxy) is 1. The Morgan fingerprint density at radius 2 is 1.43 bits per heavy atom. The topological polar surface area (TPSA) is 43.4 Å². The summed E-state index contributed by atoms with van der Waals surface area (Å²) in [5.74, 6) is -0.157. The highest BCUT2D eigenvalue weighted by atomic mass is 16.5. The standard InChI is InChI=1S/C20H22O3/c1-14(23-16(3)22)4-5-17-6-8-19(9-7-17)20-12-10-18(11-13-20)15(2)21/h6-14H,4-5H2,1-3H3. The highest BCUT2D eigenvalue weighted by molar-refractivity contribution is 5.94. The fourth-order valence-electron chi connectivity index (χ4n) is 2.47. The molecule has 0 amide bonds. The Labute approximate surface area is 137 Å². The largest absolute Gasteiger partial charge is 0.463 e. The van der Waals surface area contributed by atoms with Gasteiger partial charge in [-0.2, -0.15) is 0 Å². The smallest absolute Gasteiger partial charge is 0.302 e. The van der Waals surface area contributed by atoms with E-state index in [0.29, 0.717) is 0 Å². The number of hydrogen-bond acceptors (Lipinski definition) is 3. The molecule has 0 N–H and O–H groups in total. The number of carbonyl (C=O) groups is 2. The predicted molar refractivity (Wildman–Crippen MR) is 91.4 cm³/mol. The van der Waals surface area contributed by atoms with E-state index in [-0.39, 0.29) is 17.9 Å². The van der Waals surface area contributed by atoms with Gasteiger partial charge in [-0.1, -0.05) is 48.5 Å². The van der Waals surface area contributed by atoms with Gasteiger partial charge in [0.25, 0.3) is 0 Å². The molecule has 2 aromatic carbocycles. The van der Waals surface area contributed by atoms with Crippen molar-refractivity contribution < 1.29 is 14.3 Å². The molecule has 23 heavy (non-hydrogen) atoms. The number of Topliss-reactive ketones (excluding diaryl/α,β-unsaturated/α-hetero) is 1. The zero-order valence-electron chi connectivity index (χ0n) is 13.8. The van der Waals surface area contributed by atoms with E-state index in [4.69, 9.17) is 4.74 Å². The van der Waals surface area contributed by atoms with Crippen molar-refractivity contribution in [2.75, 3.05) is 0 Å². The summed E-state index contributed by atoms with van der Waals surface area (Å²) >= 11 is 0. The maximum Gasteiger partial charge on any atom is 0.302 e. The lowest BCUT2D eigenvalue weighted by atomic mass is 10.00. The molecule has 3 nitrogen and oxygen atoms in total. The first-order valence-corrected chi connectivity index (χ1v) is 7.83. The average molecular weight is 310 g/mol. The fraction of sp³-hybridized carbons (Fsp3) is 0.300. The second-order valence-corrected chi connectivity index (χ2v) is 5.79. The third-order valence-corrected chi connectivity index (χ3v) is 3.79. The van der Waals surface area contributed by atoms with Crippen LogP contribution in [0.4, 0.5) is 0 Å². The van der Waals surface area contributed by atoms with Crippen molar-refractivity contribution >= 4 is 11.8 Å². The highest BCUT2D eigenvalue weighted by Crippen LogP contribution is 2.21. The normalized spacial score (nSPS) is 11.8. The lowest BCUT2D eigenvalue weighted by Crippen LogP contribution is -2.12. The molecular weight excluding hydrogens is 288 g/mol. The minimum Gasteiger partial charge on any atom is -0.463 e. The molecule has 1 atom stereocenters. The van der Waals surface area contributed by atoms with Gasteiger partial charge in [0, 0.05) is 12.5 Å². The molecule has 0 saturated heterocycles. The molecule has 0 heterocycles. The number of ketones is 1. The van der Waals surface area contributed by atoms with Crippen LogP contribution in [0.5, 0.6) is 0 Å². The van der Waals surface area contributed by atoms with Crippen LogP contribution < -0.4 is 0 Å². The first-order valence-electron chi connectivity index (χ1n) is 7.83. The quantitative estimate of drug-likeness (QED) is 0.585. The number of benzene rings is 2. The van der Waals surface area contributed by atoms with Gasteiger partial charge in [0.05, 0.1) is 6.10 Å². The predicted octanol–water partition coefficient (Wildman–Crippen LogP) is 4.44. The molecule has 0 aliphatic heterocycles. The fourth-order valence-corrected chi connectivity index (χ4v) is 2.47. The SMILES string of the molecule is CC(=O)OC(C)CCc1ccc(-c2ccc(C(C)=O)cc2)cc1. The van der Waals surface area contributed by atoms with Crippen LogP contribution >= 0.6 is 0 Å². The van der Waals surface area contributed by atoms with E-state index in [2.05, 4.69) is 24.3 Å². The van der Waals surface area contributed by atoms with Gasteiger partial charge < -0.3 is 4.74 Å². The van der Waals surface area contributed by atoms with Crippen molar-refractivity contribution in [3.63, 3.8) is 0 Å². The number of rotatable bonds is 6. The molecule has 2 rings (SSSR count). The van der Waals surface area contributed by atoms with Crippen molar-refractivity contribution in [3.05, 3.63) is 59.7 Å². The highest BCUT2D eigenvalue weighted by Gasteiger charge is 2.06. The third-order valence-electron chi connectivity index (χ3n) is 3.79. The van der Waals surface area contributed by atoms with E-state index in [1.54, 1.807) is 6.92 Å². The Morgan fingerprint density at radius 3 is 1.91 bits per heavy atom. The molecule has 0 spiro atoms. The summed E-state index contributed by atoms with van der Waals surface area (Å²) in [5, 5.41) is 0. The molecule has 0 saturated carbocycles. The van der Waals surface area contributed by atoms with Crippen molar-refractivity contribution in [2.24, 2.45) is 0 Å². The van der Waals surface area contributed by atoms with Crippen LogP contribution in [-0.4, -0.2) is 17.9 Å². The Bertz CT molecular complexity index is 669. The van der Waals surface area contributed by atoms with E-state index in [1.807, 2.05) is 31.2 Å². The van der Waals surface area contributed by atoms with E-state index in [9.17, 15) is 9.59 Å². The number of esters is 1. The van der Waals surface area contributed by atoms with Crippen LogP contribution in [0.2, 0.25) is 0 Å². The Kier molecular flexibility index (Phi) is 5.69. The maximum absolute atomic E-state index is 11.3. The summed E-state index contributed by atoms with van der Waals surface area (Å²) in [6.07, 6.45) is 1.62. The van der Waals surface area contributed by atoms with Crippen LogP contribution in [-0.2, 0) is 16.0 Å². The summed E-state index contributed by atoms with van der Waals surface area (Å²) in [6, 6.07) is 16.0. The van der Waals surface area contributed by atoms with Crippen LogP contribution in [0, 0.1) is 0 Å². The molecule has 0 aromatic heterocycles. The van der Waals surface area contributed by atoms with Crippen LogP contribution in [0.3, 0.4) is 0 Å². The van der Waals surface area contributed by atoms with Crippen LogP contribution in [0.15, 0.2) is 48.5 Å². The van der Waals surface area contributed by atoms with Gasteiger partial charge >= 0.3 is 5.97 Å². The monoisotopic (exact) mass is 310 g/mol. The molecule has 1 unspecified atom stereocenters. The zero-order valence-corrected chi connectivity index (χ0v) is 13.8. The summed E-state index contributed by atoms with van der Waals surface area (Å²) in [4.78, 5) is 22.2. The van der Waals surface area contributed by atoms with E-state index in [1.165, 1.54) is 12.5 Å². The van der Waals surface area contributed by atoms with Gasteiger partial charge in [0.2, 0.25) is 0 Å². The lowest BCUT2D eigenvalue weighted by molar-refractivity contribution is -0.145.